The molecule has 3 aliphatic rings. The quantitative estimate of drug-likeness (QED) is 0.854. The smallest absolute Gasteiger partial charge is 0.137 e. The summed E-state index contributed by atoms with van der Waals surface area (Å²) in [6, 6.07) is 1.18. The molecule has 4 nitrogen and oxygen atoms in total. The maximum absolute atomic E-state index is 12.3. The first-order valence-electron chi connectivity index (χ1n) is 8.60. The lowest BCUT2D eigenvalue weighted by Gasteiger charge is -2.33. The Kier molecular flexibility index (Phi) is 3.57. The molecule has 1 aromatic rings. The van der Waals surface area contributed by atoms with Gasteiger partial charge in [-0.3, -0.25) is 9.69 Å². The lowest BCUT2D eigenvalue weighted by atomic mass is 9.82. The molecule has 1 aromatic heterocycles. The summed E-state index contributed by atoms with van der Waals surface area (Å²) in [4.78, 5) is 19.2. The van der Waals surface area contributed by atoms with E-state index in [0.29, 0.717) is 23.8 Å². The molecule has 21 heavy (non-hydrogen) atoms. The summed E-state index contributed by atoms with van der Waals surface area (Å²) in [6.07, 6.45) is 13.3. The van der Waals surface area contributed by atoms with Crippen LogP contribution in [0.2, 0.25) is 0 Å². The third-order valence-electron chi connectivity index (χ3n) is 5.53. The lowest BCUT2D eigenvalue weighted by molar-refractivity contribution is -0.126. The highest BCUT2D eigenvalue weighted by molar-refractivity contribution is 5.82. The first-order valence-corrected chi connectivity index (χ1v) is 8.60. The van der Waals surface area contributed by atoms with Crippen LogP contribution < -0.4 is 0 Å². The maximum atomic E-state index is 12.3. The number of carbonyl (C=O) groups is 1. The predicted molar refractivity (Wildman–Crippen MR) is 80.9 cm³/mol. The predicted octanol–water partition coefficient (Wildman–Crippen LogP) is 2.94. The highest BCUT2D eigenvalue weighted by Crippen LogP contribution is 2.37. The molecule has 1 aliphatic heterocycles. The van der Waals surface area contributed by atoms with Crippen LogP contribution in [0.3, 0.4) is 0 Å². The lowest BCUT2D eigenvalue weighted by Crippen LogP contribution is -2.40. The van der Waals surface area contributed by atoms with E-state index in [4.69, 9.17) is 0 Å². The van der Waals surface area contributed by atoms with E-state index in [1.807, 2.05) is 12.5 Å². The van der Waals surface area contributed by atoms with Crippen LogP contribution in [0, 0.1) is 5.92 Å². The van der Waals surface area contributed by atoms with Crippen LogP contribution >= 0.6 is 0 Å². The van der Waals surface area contributed by atoms with E-state index in [0.717, 1.165) is 32.4 Å². The Morgan fingerprint density at radius 1 is 1.14 bits per heavy atom. The van der Waals surface area contributed by atoms with Gasteiger partial charge in [-0.05, 0) is 45.1 Å². The van der Waals surface area contributed by atoms with Crippen molar-refractivity contribution in [3.05, 3.63) is 18.2 Å². The molecule has 3 fully saturated rings. The molecule has 2 saturated carbocycles. The Morgan fingerprint density at radius 3 is 2.86 bits per heavy atom. The van der Waals surface area contributed by atoms with E-state index < -0.39 is 0 Å². The van der Waals surface area contributed by atoms with Crippen molar-refractivity contribution in [3.8, 4) is 0 Å². The molecule has 2 aliphatic carbocycles. The van der Waals surface area contributed by atoms with Crippen molar-refractivity contribution in [2.24, 2.45) is 5.92 Å². The zero-order chi connectivity index (χ0) is 14.2. The van der Waals surface area contributed by atoms with Gasteiger partial charge in [-0.15, -0.1) is 0 Å². The molecule has 2 unspecified atom stereocenters. The Morgan fingerprint density at radius 2 is 2.05 bits per heavy atom. The van der Waals surface area contributed by atoms with Crippen molar-refractivity contribution in [1.29, 1.82) is 0 Å². The summed E-state index contributed by atoms with van der Waals surface area (Å²) in [5.74, 6) is 0.826. The second kappa shape index (κ2) is 5.56. The van der Waals surface area contributed by atoms with Gasteiger partial charge in [0.2, 0.25) is 0 Å². The number of ketones is 1. The van der Waals surface area contributed by atoms with Crippen molar-refractivity contribution < 1.29 is 4.79 Å². The third kappa shape index (κ3) is 2.66. The van der Waals surface area contributed by atoms with E-state index in [9.17, 15) is 4.79 Å². The Labute approximate surface area is 126 Å². The van der Waals surface area contributed by atoms with Gasteiger partial charge in [0.05, 0.1) is 12.0 Å². The van der Waals surface area contributed by atoms with E-state index in [-0.39, 0.29) is 0 Å². The first-order chi connectivity index (χ1) is 10.3. The standard InChI is InChI=1S/C17H25N3O/c21-17-6-2-1-4-15(17)16-5-3-9-19(16)11-14-10-18-12-20(14)13-7-8-13/h10,12-13,15-16H,1-9,11H2. The zero-order valence-electron chi connectivity index (χ0n) is 12.7. The molecule has 114 valence electrons. The summed E-state index contributed by atoms with van der Waals surface area (Å²) in [5.41, 5.74) is 1.34. The van der Waals surface area contributed by atoms with E-state index in [2.05, 4.69) is 14.5 Å². The fourth-order valence-corrected chi connectivity index (χ4v) is 4.26. The van der Waals surface area contributed by atoms with E-state index in [1.54, 1.807) is 0 Å². The fraction of sp³-hybridized carbons (Fsp3) is 0.765. The molecule has 4 rings (SSSR count). The minimum Gasteiger partial charge on any atom is -0.330 e. The van der Waals surface area contributed by atoms with Gasteiger partial charge in [0.1, 0.15) is 5.78 Å². The Hall–Kier alpha value is -1.16. The largest absolute Gasteiger partial charge is 0.330 e. The number of Topliss-reactive ketones (excluding diaryl/α,β-unsaturated/α-hetero) is 1. The molecule has 2 heterocycles. The van der Waals surface area contributed by atoms with Crippen LogP contribution in [-0.4, -0.2) is 32.8 Å². The van der Waals surface area contributed by atoms with Crippen molar-refractivity contribution in [1.82, 2.24) is 14.5 Å². The van der Waals surface area contributed by atoms with Crippen molar-refractivity contribution in [2.75, 3.05) is 6.54 Å². The highest BCUT2D eigenvalue weighted by atomic mass is 16.1. The molecule has 4 heteroatoms. The third-order valence-corrected chi connectivity index (χ3v) is 5.53. The maximum Gasteiger partial charge on any atom is 0.137 e. The molecule has 2 atom stereocenters. The summed E-state index contributed by atoms with van der Waals surface area (Å²) in [6.45, 7) is 2.12. The fourth-order valence-electron chi connectivity index (χ4n) is 4.26. The molecule has 0 bridgehead atoms. The van der Waals surface area contributed by atoms with Crippen molar-refractivity contribution >= 4 is 5.78 Å². The molecule has 0 radical (unpaired) electrons. The van der Waals surface area contributed by atoms with Gasteiger partial charge >= 0.3 is 0 Å². The monoisotopic (exact) mass is 287 g/mol. The minimum atomic E-state index is 0.304. The number of likely N-dealkylation sites (tertiary alicyclic amines) is 1. The SMILES string of the molecule is O=C1CCCCC1C1CCCN1Cc1cncn1C1CC1. The van der Waals surface area contributed by atoms with Gasteiger partial charge in [0.15, 0.2) is 0 Å². The van der Waals surface area contributed by atoms with Gasteiger partial charge in [0.25, 0.3) is 0 Å². The Bertz CT molecular complexity index is 520. The number of aromatic nitrogens is 2. The van der Waals surface area contributed by atoms with E-state index >= 15 is 0 Å². The molecule has 0 spiro atoms. The summed E-state index contributed by atoms with van der Waals surface area (Å²) in [5, 5.41) is 0. The normalized spacial score (nSPS) is 31.0. The topological polar surface area (TPSA) is 38.1 Å². The van der Waals surface area contributed by atoms with Gasteiger partial charge in [0, 0.05) is 37.2 Å². The van der Waals surface area contributed by atoms with Crippen molar-refractivity contribution in [3.63, 3.8) is 0 Å². The van der Waals surface area contributed by atoms with Crippen LogP contribution in [0.15, 0.2) is 12.5 Å². The average Bonchev–Trinajstić information content (AvgIpc) is 3.06. The second-order valence-electron chi connectivity index (χ2n) is 7.02. The number of nitrogens with zero attached hydrogens (tertiary/aromatic N) is 3. The van der Waals surface area contributed by atoms with Crippen LogP contribution in [0.5, 0.6) is 0 Å². The van der Waals surface area contributed by atoms with Gasteiger partial charge in [-0.1, -0.05) is 6.42 Å². The zero-order valence-corrected chi connectivity index (χ0v) is 12.7. The molecular formula is C17H25N3O. The van der Waals surface area contributed by atoms with Gasteiger partial charge < -0.3 is 4.57 Å². The van der Waals surface area contributed by atoms with Crippen LogP contribution in [0.25, 0.3) is 0 Å². The molecular weight excluding hydrogens is 262 g/mol. The first kappa shape index (κ1) is 13.5. The average molecular weight is 287 g/mol. The number of hydrogen-bond acceptors (Lipinski definition) is 3. The van der Waals surface area contributed by atoms with E-state index in [1.165, 1.54) is 37.8 Å². The van der Waals surface area contributed by atoms with Gasteiger partial charge in [-0.2, -0.15) is 0 Å². The summed E-state index contributed by atoms with van der Waals surface area (Å²) < 4.78 is 2.36. The van der Waals surface area contributed by atoms with Crippen LogP contribution in [0.4, 0.5) is 0 Å². The van der Waals surface area contributed by atoms with Crippen LogP contribution in [0.1, 0.15) is 63.1 Å². The Balaban J connectivity index is 1.48. The molecule has 0 amide bonds. The molecule has 0 N–H and O–H groups in total. The number of rotatable bonds is 4. The number of imidazole rings is 1. The summed E-state index contributed by atoms with van der Waals surface area (Å²) >= 11 is 0. The van der Waals surface area contributed by atoms with Gasteiger partial charge in [-0.25, -0.2) is 4.98 Å². The molecule has 1 saturated heterocycles. The second-order valence-corrected chi connectivity index (χ2v) is 7.02. The minimum absolute atomic E-state index is 0.304. The van der Waals surface area contributed by atoms with Crippen LogP contribution in [-0.2, 0) is 11.3 Å². The number of hydrogen-bond donors (Lipinski definition) is 0. The summed E-state index contributed by atoms with van der Waals surface area (Å²) in [7, 11) is 0. The molecule has 0 aromatic carbocycles. The van der Waals surface area contributed by atoms with Crippen molar-refractivity contribution in [2.45, 2.75) is 70.0 Å². The number of carbonyl (C=O) groups excluding carboxylic acids is 1. The highest BCUT2D eigenvalue weighted by Gasteiger charge is 2.37.